The summed E-state index contributed by atoms with van der Waals surface area (Å²) in [6.07, 6.45) is 5.86. The molecule has 16 heavy (non-hydrogen) atoms. The molecule has 3 heteroatoms. The zero-order valence-electron chi connectivity index (χ0n) is 10.9. The van der Waals surface area contributed by atoms with Gasteiger partial charge in [0.05, 0.1) is 13.0 Å². The Morgan fingerprint density at radius 3 is 2.44 bits per heavy atom. The molecule has 0 unspecified atom stereocenters. The zero-order valence-corrected chi connectivity index (χ0v) is 10.9. The molecule has 3 nitrogen and oxygen atoms in total. The van der Waals surface area contributed by atoms with Crippen molar-refractivity contribution in [3.63, 3.8) is 0 Å². The number of carbonyl (C=O) groups excluding carboxylic acids is 1. The molecule has 0 saturated carbocycles. The van der Waals surface area contributed by atoms with Crippen LogP contribution in [-0.2, 0) is 9.53 Å². The van der Waals surface area contributed by atoms with Crippen LogP contribution in [0.5, 0.6) is 0 Å². The van der Waals surface area contributed by atoms with Gasteiger partial charge < -0.3 is 4.74 Å². The molecule has 0 saturated heterocycles. The first-order valence-corrected chi connectivity index (χ1v) is 6.36. The molecule has 0 aromatic carbocycles. The lowest BCUT2D eigenvalue weighted by atomic mass is 10.2. The molecule has 0 radical (unpaired) electrons. The topological polar surface area (TPSA) is 38.7 Å². The third-order valence-corrected chi connectivity index (χ3v) is 2.30. The predicted molar refractivity (Wildman–Crippen MR) is 68.0 cm³/mol. The molecule has 0 aromatic rings. The first kappa shape index (κ1) is 15.1. The van der Waals surface area contributed by atoms with Crippen molar-refractivity contribution >= 4 is 11.7 Å². The van der Waals surface area contributed by atoms with Crippen molar-refractivity contribution in [2.45, 2.75) is 59.3 Å². The van der Waals surface area contributed by atoms with Crippen LogP contribution in [0, 0.1) is 0 Å². The normalized spacial score (nSPS) is 11.6. The minimum Gasteiger partial charge on any atom is -0.465 e. The maximum atomic E-state index is 11.3. The van der Waals surface area contributed by atoms with Crippen LogP contribution < -0.4 is 0 Å². The van der Waals surface area contributed by atoms with Crippen molar-refractivity contribution in [3.8, 4) is 0 Å². The number of hydrogen-bond acceptors (Lipinski definition) is 3. The van der Waals surface area contributed by atoms with Gasteiger partial charge in [0.2, 0.25) is 0 Å². The van der Waals surface area contributed by atoms with Gasteiger partial charge in [-0.2, -0.15) is 0 Å². The first-order valence-electron chi connectivity index (χ1n) is 6.36. The van der Waals surface area contributed by atoms with Gasteiger partial charge >= 0.3 is 5.97 Å². The van der Waals surface area contributed by atoms with Gasteiger partial charge in [0, 0.05) is 12.3 Å². The van der Waals surface area contributed by atoms with Gasteiger partial charge in [0.25, 0.3) is 0 Å². The number of esters is 1. The van der Waals surface area contributed by atoms with Crippen LogP contribution >= 0.6 is 0 Å². The van der Waals surface area contributed by atoms with E-state index in [9.17, 15) is 4.79 Å². The molecule has 0 heterocycles. The number of carbonyl (C=O) groups is 1. The summed E-state index contributed by atoms with van der Waals surface area (Å²) in [5.41, 5.74) is 0.887. The Labute approximate surface area is 99.3 Å². The molecule has 0 fully saturated rings. The maximum absolute atomic E-state index is 11.3. The monoisotopic (exact) mass is 227 g/mol. The Balaban J connectivity index is 3.59. The molecule has 0 aliphatic heterocycles. The molecule has 0 aromatic heterocycles. The first-order chi connectivity index (χ1) is 7.70. The zero-order chi connectivity index (χ0) is 12.2. The summed E-state index contributed by atoms with van der Waals surface area (Å²) in [5, 5.41) is 0. The fourth-order valence-corrected chi connectivity index (χ4v) is 1.28. The van der Waals surface area contributed by atoms with E-state index >= 15 is 0 Å². The van der Waals surface area contributed by atoms with Crippen molar-refractivity contribution in [2.24, 2.45) is 4.99 Å². The Morgan fingerprint density at radius 1 is 1.12 bits per heavy atom. The van der Waals surface area contributed by atoms with Crippen molar-refractivity contribution in [1.82, 2.24) is 0 Å². The molecular weight excluding hydrogens is 202 g/mol. The summed E-state index contributed by atoms with van der Waals surface area (Å²) >= 11 is 0. The lowest BCUT2D eigenvalue weighted by Gasteiger charge is -2.03. The lowest BCUT2D eigenvalue weighted by Crippen LogP contribution is -2.10. The minimum absolute atomic E-state index is 0.148. The second-order valence-corrected chi connectivity index (χ2v) is 4.07. The summed E-state index contributed by atoms with van der Waals surface area (Å²) in [5.74, 6) is -0.148. The summed E-state index contributed by atoms with van der Waals surface area (Å²) in [6.45, 7) is 7.52. The molecule has 0 aliphatic rings. The van der Waals surface area contributed by atoms with E-state index in [1.807, 2.05) is 6.92 Å². The molecule has 0 bridgehead atoms. The largest absolute Gasteiger partial charge is 0.465 e. The standard InChI is InChI=1S/C13H25NO2/c1-4-6-8-9-14-12(3)11-13(15)16-10-7-5-2/h4-11H2,1-3H3. The van der Waals surface area contributed by atoms with Gasteiger partial charge in [-0.15, -0.1) is 0 Å². The van der Waals surface area contributed by atoms with E-state index in [4.69, 9.17) is 4.74 Å². The van der Waals surface area contributed by atoms with Gasteiger partial charge in [0.15, 0.2) is 0 Å². The average Bonchev–Trinajstić information content (AvgIpc) is 2.25. The highest BCUT2D eigenvalue weighted by Crippen LogP contribution is 1.97. The highest BCUT2D eigenvalue weighted by molar-refractivity contribution is 5.97. The highest BCUT2D eigenvalue weighted by atomic mass is 16.5. The molecule has 0 amide bonds. The minimum atomic E-state index is -0.148. The third kappa shape index (κ3) is 9.69. The molecule has 0 atom stereocenters. The predicted octanol–water partition coefficient (Wildman–Crippen LogP) is 3.37. The molecule has 0 rings (SSSR count). The van der Waals surface area contributed by atoms with E-state index in [2.05, 4.69) is 18.8 Å². The summed E-state index contributed by atoms with van der Waals surface area (Å²) in [4.78, 5) is 15.7. The Morgan fingerprint density at radius 2 is 1.81 bits per heavy atom. The van der Waals surface area contributed by atoms with Crippen molar-refractivity contribution in [3.05, 3.63) is 0 Å². The molecular formula is C13H25NO2. The van der Waals surface area contributed by atoms with E-state index in [1.54, 1.807) is 0 Å². The van der Waals surface area contributed by atoms with Crippen molar-refractivity contribution < 1.29 is 9.53 Å². The van der Waals surface area contributed by atoms with Gasteiger partial charge in [-0.25, -0.2) is 0 Å². The van der Waals surface area contributed by atoms with E-state index in [-0.39, 0.29) is 5.97 Å². The van der Waals surface area contributed by atoms with E-state index in [1.165, 1.54) is 12.8 Å². The summed E-state index contributed by atoms with van der Waals surface area (Å²) in [6, 6.07) is 0. The van der Waals surface area contributed by atoms with E-state index in [0.717, 1.165) is 31.5 Å². The van der Waals surface area contributed by atoms with Gasteiger partial charge in [-0.05, 0) is 19.8 Å². The SMILES string of the molecule is CCCCCN=C(C)CC(=O)OCCCC. The van der Waals surface area contributed by atoms with Crippen LogP contribution in [0.3, 0.4) is 0 Å². The van der Waals surface area contributed by atoms with Crippen LogP contribution in [0.4, 0.5) is 0 Å². The molecule has 94 valence electrons. The smallest absolute Gasteiger partial charge is 0.311 e. The van der Waals surface area contributed by atoms with Gasteiger partial charge in [-0.1, -0.05) is 33.1 Å². The number of nitrogens with zero attached hydrogens (tertiary/aromatic N) is 1. The molecule has 0 aliphatic carbocycles. The average molecular weight is 227 g/mol. The van der Waals surface area contributed by atoms with Crippen LogP contribution in [0.25, 0.3) is 0 Å². The second-order valence-electron chi connectivity index (χ2n) is 4.07. The van der Waals surface area contributed by atoms with Crippen LogP contribution in [0.1, 0.15) is 59.3 Å². The number of ether oxygens (including phenoxy) is 1. The van der Waals surface area contributed by atoms with Crippen LogP contribution in [-0.4, -0.2) is 24.8 Å². The highest BCUT2D eigenvalue weighted by Gasteiger charge is 2.04. The van der Waals surface area contributed by atoms with E-state index < -0.39 is 0 Å². The number of rotatable bonds is 9. The van der Waals surface area contributed by atoms with E-state index in [0.29, 0.717) is 13.0 Å². The second kappa shape index (κ2) is 10.7. The lowest BCUT2D eigenvalue weighted by molar-refractivity contribution is -0.142. The van der Waals surface area contributed by atoms with Crippen LogP contribution in [0.2, 0.25) is 0 Å². The maximum Gasteiger partial charge on any atom is 0.311 e. The summed E-state index contributed by atoms with van der Waals surface area (Å²) < 4.78 is 5.06. The number of unbranched alkanes of at least 4 members (excludes halogenated alkanes) is 3. The van der Waals surface area contributed by atoms with Crippen LogP contribution in [0.15, 0.2) is 4.99 Å². The molecule has 0 spiro atoms. The molecule has 0 N–H and O–H groups in total. The number of hydrogen-bond donors (Lipinski definition) is 0. The van der Waals surface area contributed by atoms with Crippen molar-refractivity contribution in [1.29, 1.82) is 0 Å². The fourth-order valence-electron chi connectivity index (χ4n) is 1.28. The number of aliphatic imine (C=N–C) groups is 1. The Hall–Kier alpha value is -0.860. The summed E-state index contributed by atoms with van der Waals surface area (Å²) in [7, 11) is 0. The third-order valence-electron chi connectivity index (χ3n) is 2.30. The Bertz CT molecular complexity index is 212. The van der Waals surface area contributed by atoms with Gasteiger partial charge in [0.1, 0.15) is 0 Å². The quantitative estimate of drug-likeness (QED) is 0.344. The van der Waals surface area contributed by atoms with Gasteiger partial charge in [-0.3, -0.25) is 9.79 Å². The fraction of sp³-hybridized carbons (Fsp3) is 0.846. The Kier molecular flexibility index (Phi) is 10.1. The van der Waals surface area contributed by atoms with Crippen molar-refractivity contribution in [2.75, 3.05) is 13.2 Å².